The molecule has 0 saturated carbocycles. The molecule has 1 unspecified atom stereocenters. The van der Waals surface area contributed by atoms with Crippen LogP contribution in [-0.2, 0) is 9.59 Å². The number of hydrogen-bond donors (Lipinski definition) is 2. The number of hydrogen-bond acceptors (Lipinski definition) is 7. The van der Waals surface area contributed by atoms with Gasteiger partial charge in [-0.05, 0) is 50.0 Å². The third kappa shape index (κ3) is 4.37. The number of rotatable bonds is 7. The van der Waals surface area contributed by atoms with E-state index < -0.39 is 23.5 Å². The largest absolute Gasteiger partial charge is 0.507 e. The minimum absolute atomic E-state index is 0.112. The van der Waals surface area contributed by atoms with Crippen LogP contribution >= 0.6 is 11.6 Å². The van der Waals surface area contributed by atoms with E-state index in [0.717, 1.165) is 0 Å². The second-order valence-electron chi connectivity index (χ2n) is 7.57. The number of aliphatic hydroxyl groups is 1. The highest BCUT2D eigenvalue weighted by atomic mass is 35.5. The highest BCUT2D eigenvalue weighted by molar-refractivity contribution is 6.46. The number of benzene rings is 2. The van der Waals surface area contributed by atoms with Crippen molar-refractivity contribution >= 4 is 29.1 Å². The van der Waals surface area contributed by atoms with Crippen molar-refractivity contribution in [1.82, 2.24) is 9.80 Å². The number of aromatic hydroxyl groups is 1. The van der Waals surface area contributed by atoms with Gasteiger partial charge in [-0.2, -0.15) is 0 Å². The fraction of sp³-hybridized carbons (Fsp3) is 0.304. The number of likely N-dealkylation sites (tertiary alicyclic amines) is 1. The number of halogens is 1. The number of ketones is 1. The summed E-state index contributed by atoms with van der Waals surface area (Å²) in [7, 11) is 6.54. The number of carbonyl (C=O) groups excluding carboxylic acids is 2. The minimum atomic E-state index is -0.921. The molecule has 9 heteroatoms. The molecule has 2 N–H and O–H groups in total. The van der Waals surface area contributed by atoms with Crippen LogP contribution in [-0.4, -0.2) is 73.1 Å². The van der Waals surface area contributed by atoms with E-state index >= 15 is 0 Å². The van der Waals surface area contributed by atoms with Gasteiger partial charge in [-0.15, -0.1) is 0 Å². The molecule has 0 radical (unpaired) electrons. The van der Waals surface area contributed by atoms with Crippen molar-refractivity contribution in [2.45, 2.75) is 6.04 Å². The number of aliphatic hydroxyl groups excluding tert-OH is 1. The van der Waals surface area contributed by atoms with Crippen molar-refractivity contribution in [2.24, 2.45) is 0 Å². The quantitative estimate of drug-likeness (QED) is 0.372. The zero-order valence-electron chi connectivity index (χ0n) is 18.3. The van der Waals surface area contributed by atoms with Crippen LogP contribution < -0.4 is 9.47 Å². The first-order valence-corrected chi connectivity index (χ1v) is 10.2. The van der Waals surface area contributed by atoms with Gasteiger partial charge in [-0.3, -0.25) is 9.59 Å². The number of Topliss-reactive ketones (excluding diaryl/α,β-unsaturated/α-hetero) is 1. The summed E-state index contributed by atoms with van der Waals surface area (Å²) >= 11 is 6.11. The summed E-state index contributed by atoms with van der Waals surface area (Å²) in [4.78, 5) is 29.3. The maximum atomic E-state index is 13.1. The molecule has 1 saturated heterocycles. The fourth-order valence-corrected chi connectivity index (χ4v) is 3.82. The molecule has 2 aromatic carbocycles. The van der Waals surface area contributed by atoms with Gasteiger partial charge < -0.3 is 29.5 Å². The van der Waals surface area contributed by atoms with E-state index in [-0.39, 0.29) is 29.2 Å². The second kappa shape index (κ2) is 9.50. The van der Waals surface area contributed by atoms with Gasteiger partial charge >= 0.3 is 0 Å². The topological polar surface area (TPSA) is 99.5 Å². The monoisotopic (exact) mass is 460 g/mol. The average molecular weight is 461 g/mol. The number of phenolic OH excluding ortho intramolecular Hbond substituents is 1. The van der Waals surface area contributed by atoms with Crippen LogP contribution in [0.3, 0.4) is 0 Å². The summed E-state index contributed by atoms with van der Waals surface area (Å²) in [6, 6.07) is 8.29. The summed E-state index contributed by atoms with van der Waals surface area (Å²) in [5.74, 6) is -1.59. The predicted molar refractivity (Wildman–Crippen MR) is 120 cm³/mol. The molecule has 0 spiro atoms. The molecule has 170 valence electrons. The van der Waals surface area contributed by atoms with Crippen molar-refractivity contribution in [2.75, 3.05) is 41.4 Å². The Bertz CT molecular complexity index is 1080. The first-order chi connectivity index (χ1) is 15.2. The van der Waals surface area contributed by atoms with Gasteiger partial charge in [0.05, 0.1) is 31.4 Å². The Morgan fingerprint density at radius 1 is 1.09 bits per heavy atom. The van der Waals surface area contributed by atoms with Gasteiger partial charge in [0.1, 0.15) is 11.5 Å². The molecule has 1 fully saturated rings. The van der Waals surface area contributed by atoms with Gasteiger partial charge in [-0.1, -0.05) is 17.7 Å². The summed E-state index contributed by atoms with van der Waals surface area (Å²) < 4.78 is 10.4. The van der Waals surface area contributed by atoms with Crippen LogP contribution in [0.25, 0.3) is 5.76 Å². The van der Waals surface area contributed by atoms with E-state index in [1.54, 1.807) is 18.2 Å². The average Bonchev–Trinajstić information content (AvgIpc) is 3.01. The van der Waals surface area contributed by atoms with Crippen LogP contribution in [0.4, 0.5) is 0 Å². The summed E-state index contributed by atoms with van der Waals surface area (Å²) in [6.45, 7) is 0.727. The summed E-state index contributed by atoms with van der Waals surface area (Å²) in [5, 5.41) is 21.8. The van der Waals surface area contributed by atoms with E-state index in [1.165, 1.54) is 37.3 Å². The lowest BCUT2D eigenvalue weighted by atomic mass is 9.94. The summed E-state index contributed by atoms with van der Waals surface area (Å²) in [5.41, 5.74) is 0.524. The Morgan fingerprint density at radius 2 is 1.75 bits per heavy atom. The second-order valence-corrected chi connectivity index (χ2v) is 8.01. The molecular formula is C23H25ClN2O6. The highest BCUT2D eigenvalue weighted by Crippen LogP contribution is 2.43. The molecule has 1 amide bonds. The molecule has 0 bridgehead atoms. The van der Waals surface area contributed by atoms with Gasteiger partial charge in [0, 0.05) is 18.1 Å². The van der Waals surface area contributed by atoms with Crippen LogP contribution in [0.15, 0.2) is 42.0 Å². The molecule has 1 atom stereocenters. The van der Waals surface area contributed by atoms with Gasteiger partial charge in [0.25, 0.3) is 11.7 Å². The van der Waals surface area contributed by atoms with Crippen molar-refractivity contribution in [3.05, 3.63) is 58.1 Å². The third-order valence-corrected chi connectivity index (χ3v) is 5.50. The zero-order valence-corrected chi connectivity index (χ0v) is 19.0. The first-order valence-electron chi connectivity index (χ1n) is 9.83. The number of ether oxygens (including phenoxy) is 2. The molecule has 0 aromatic heterocycles. The van der Waals surface area contributed by atoms with E-state index in [0.29, 0.717) is 22.9 Å². The highest BCUT2D eigenvalue weighted by Gasteiger charge is 2.46. The first kappa shape index (κ1) is 23.4. The Balaban J connectivity index is 2.23. The normalized spacial score (nSPS) is 17.8. The number of likely N-dealkylation sites (N-methyl/N-ethyl adjacent to an activating group) is 1. The van der Waals surface area contributed by atoms with Crippen molar-refractivity contribution in [3.8, 4) is 17.2 Å². The molecule has 3 rings (SSSR count). The van der Waals surface area contributed by atoms with Gasteiger partial charge in [0.2, 0.25) is 0 Å². The Morgan fingerprint density at radius 3 is 2.34 bits per heavy atom. The predicted octanol–water partition coefficient (Wildman–Crippen LogP) is 3.05. The molecule has 8 nitrogen and oxygen atoms in total. The van der Waals surface area contributed by atoms with E-state index in [1.807, 2.05) is 19.0 Å². The molecule has 1 heterocycles. The van der Waals surface area contributed by atoms with Gasteiger partial charge in [-0.25, -0.2) is 0 Å². The van der Waals surface area contributed by atoms with E-state index in [4.69, 9.17) is 21.1 Å². The van der Waals surface area contributed by atoms with Crippen LogP contribution in [0.2, 0.25) is 5.02 Å². The molecule has 32 heavy (non-hydrogen) atoms. The lowest BCUT2D eigenvalue weighted by Crippen LogP contribution is -2.35. The van der Waals surface area contributed by atoms with Crippen molar-refractivity contribution in [1.29, 1.82) is 0 Å². The van der Waals surface area contributed by atoms with E-state index in [9.17, 15) is 19.8 Å². The Kier molecular flexibility index (Phi) is 6.96. The van der Waals surface area contributed by atoms with Crippen molar-refractivity contribution in [3.63, 3.8) is 0 Å². The summed E-state index contributed by atoms with van der Waals surface area (Å²) in [6.07, 6.45) is 0. The molecule has 0 aliphatic carbocycles. The van der Waals surface area contributed by atoms with Crippen molar-refractivity contribution < 1.29 is 29.3 Å². The van der Waals surface area contributed by atoms with Gasteiger partial charge in [0.15, 0.2) is 11.5 Å². The Hall–Kier alpha value is -3.23. The SMILES string of the molecule is COc1ccc(C2/C(=C(\O)c3cc(Cl)ccc3OC)C(=O)C(=O)N2CCN(C)C)cc1O. The smallest absolute Gasteiger partial charge is 0.295 e. The van der Waals surface area contributed by atoms with Crippen LogP contribution in [0, 0.1) is 0 Å². The number of carbonyl (C=O) groups is 2. The number of nitrogens with zero attached hydrogens (tertiary/aromatic N) is 2. The van der Waals surface area contributed by atoms with Crippen LogP contribution in [0.5, 0.6) is 17.2 Å². The van der Waals surface area contributed by atoms with Crippen LogP contribution in [0.1, 0.15) is 17.2 Å². The number of phenols is 1. The number of methoxy groups -OCH3 is 2. The maximum absolute atomic E-state index is 13.1. The minimum Gasteiger partial charge on any atom is -0.507 e. The molecule has 1 aliphatic heterocycles. The molecule has 1 aliphatic rings. The molecule has 2 aromatic rings. The standard InChI is InChI=1S/C23H25ClN2O6/c1-25(2)9-10-26-20(13-5-7-18(32-4)16(27)11-13)19(22(29)23(26)30)21(28)15-12-14(24)6-8-17(15)31-3/h5-8,11-12,20,27-28H,9-10H2,1-4H3/b21-19+. The maximum Gasteiger partial charge on any atom is 0.295 e. The molecular weight excluding hydrogens is 436 g/mol. The zero-order chi connectivity index (χ0) is 23.6. The third-order valence-electron chi connectivity index (χ3n) is 5.26. The fourth-order valence-electron chi connectivity index (χ4n) is 3.65. The lowest BCUT2D eigenvalue weighted by Gasteiger charge is -2.27. The lowest BCUT2D eigenvalue weighted by molar-refractivity contribution is -0.140. The Labute approximate surface area is 191 Å². The van der Waals surface area contributed by atoms with E-state index in [2.05, 4.69) is 0 Å². The number of amides is 1.